The fourth-order valence-electron chi connectivity index (χ4n) is 4.08. The van der Waals surface area contributed by atoms with E-state index in [9.17, 15) is 19.2 Å². The van der Waals surface area contributed by atoms with E-state index in [1.165, 1.54) is 19.1 Å². The second-order valence-corrected chi connectivity index (χ2v) is 9.18. The Morgan fingerprint density at radius 3 is 2.36 bits per heavy atom. The first-order chi connectivity index (χ1) is 17.1. The van der Waals surface area contributed by atoms with Crippen LogP contribution in [0.1, 0.15) is 35.7 Å². The minimum atomic E-state index is -1.19. The van der Waals surface area contributed by atoms with Crippen LogP contribution in [0.4, 0.5) is 0 Å². The van der Waals surface area contributed by atoms with Crippen molar-refractivity contribution in [3.8, 4) is 5.75 Å². The SMILES string of the molecule is CC(=O)OCC(=O)N1CCC(C(=N)NC(=O)c2cc(Br)ccc2OCC(=O)O)(c2ccccc2)CC1. The number of rotatable bonds is 8. The van der Waals surface area contributed by atoms with E-state index in [0.717, 1.165) is 5.56 Å². The van der Waals surface area contributed by atoms with Crippen LogP contribution in [0.25, 0.3) is 0 Å². The fourth-order valence-corrected chi connectivity index (χ4v) is 4.44. The summed E-state index contributed by atoms with van der Waals surface area (Å²) in [6.07, 6.45) is 0.728. The number of carboxylic acid groups (broad SMARTS) is 1. The quantitative estimate of drug-likeness (QED) is 0.256. The molecule has 1 saturated heterocycles. The number of nitrogens with one attached hydrogen (secondary N) is 2. The molecule has 190 valence electrons. The van der Waals surface area contributed by atoms with Crippen molar-refractivity contribution < 1.29 is 33.8 Å². The zero-order chi connectivity index (χ0) is 26.3. The molecule has 3 N–H and O–H groups in total. The highest BCUT2D eigenvalue weighted by Gasteiger charge is 2.42. The van der Waals surface area contributed by atoms with Gasteiger partial charge in [-0.2, -0.15) is 0 Å². The van der Waals surface area contributed by atoms with Gasteiger partial charge in [0, 0.05) is 24.5 Å². The van der Waals surface area contributed by atoms with Crippen molar-refractivity contribution in [3.63, 3.8) is 0 Å². The van der Waals surface area contributed by atoms with Crippen molar-refractivity contribution in [1.82, 2.24) is 10.2 Å². The maximum absolute atomic E-state index is 13.2. The molecule has 1 aliphatic heterocycles. The van der Waals surface area contributed by atoms with E-state index in [2.05, 4.69) is 21.2 Å². The lowest BCUT2D eigenvalue weighted by atomic mass is 9.71. The third-order valence-corrected chi connectivity index (χ3v) is 6.44. The Morgan fingerprint density at radius 2 is 1.75 bits per heavy atom. The summed E-state index contributed by atoms with van der Waals surface area (Å²) in [5.74, 6) is -2.64. The number of benzene rings is 2. The maximum Gasteiger partial charge on any atom is 0.341 e. The van der Waals surface area contributed by atoms with Crippen molar-refractivity contribution in [3.05, 3.63) is 64.1 Å². The summed E-state index contributed by atoms with van der Waals surface area (Å²) >= 11 is 3.30. The summed E-state index contributed by atoms with van der Waals surface area (Å²) < 4.78 is 10.7. The first-order valence-electron chi connectivity index (χ1n) is 11.1. The van der Waals surface area contributed by atoms with Crippen molar-refractivity contribution in [2.45, 2.75) is 25.2 Å². The number of hydrogen-bond acceptors (Lipinski definition) is 7. The number of aliphatic carboxylic acids is 1. The van der Waals surface area contributed by atoms with Gasteiger partial charge >= 0.3 is 11.9 Å². The minimum absolute atomic E-state index is 0.0463. The molecule has 3 rings (SSSR count). The Hall–Kier alpha value is -3.73. The number of ether oxygens (including phenoxy) is 2. The molecule has 2 aromatic rings. The minimum Gasteiger partial charge on any atom is -0.481 e. The third-order valence-electron chi connectivity index (χ3n) is 5.95. The number of nitrogens with zero attached hydrogens (tertiary/aromatic N) is 1. The van der Waals surface area contributed by atoms with E-state index in [0.29, 0.717) is 30.4 Å². The lowest BCUT2D eigenvalue weighted by Crippen LogP contribution is -2.54. The van der Waals surface area contributed by atoms with E-state index in [4.69, 9.17) is 20.0 Å². The van der Waals surface area contributed by atoms with E-state index < -0.39 is 29.9 Å². The van der Waals surface area contributed by atoms with E-state index >= 15 is 0 Å². The number of hydrogen-bond donors (Lipinski definition) is 3. The summed E-state index contributed by atoms with van der Waals surface area (Å²) in [6.45, 7) is 0.875. The molecule has 0 aromatic heterocycles. The highest BCUT2D eigenvalue weighted by molar-refractivity contribution is 9.10. The van der Waals surface area contributed by atoms with Crippen molar-refractivity contribution in [1.29, 1.82) is 5.41 Å². The van der Waals surface area contributed by atoms with Gasteiger partial charge in [-0.3, -0.25) is 19.8 Å². The average molecular weight is 560 g/mol. The number of piperidine rings is 1. The third kappa shape index (κ3) is 6.48. The molecule has 1 aliphatic rings. The Kier molecular flexibility index (Phi) is 8.81. The van der Waals surface area contributed by atoms with Gasteiger partial charge in [0.05, 0.1) is 11.0 Å². The van der Waals surface area contributed by atoms with Crippen LogP contribution >= 0.6 is 15.9 Å². The molecule has 1 fully saturated rings. The van der Waals surface area contributed by atoms with E-state index in [-0.39, 0.29) is 29.7 Å². The van der Waals surface area contributed by atoms with E-state index in [1.807, 2.05) is 30.3 Å². The summed E-state index contributed by atoms with van der Waals surface area (Å²) in [7, 11) is 0. The molecular formula is C25H26BrN3O7. The summed E-state index contributed by atoms with van der Waals surface area (Å²) in [4.78, 5) is 49.2. The van der Waals surface area contributed by atoms with Crippen molar-refractivity contribution >= 4 is 45.5 Å². The predicted molar refractivity (Wildman–Crippen MR) is 133 cm³/mol. The number of carbonyl (C=O) groups is 4. The van der Waals surface area contributed by atoms with Crippen LogP contribution in [-0.2, 0) is 24.5 Å². The average Bonchev–Trinajstić information content (AvgIpc) is 2.86. The normalized spacial score (nSPS) is 14.4. The summed E-state index contributed by atoms with van der Waals surface area (Å²) in [5.41, 5.74) is 0.0232. The smallest absolute Gasteiger partial charge is 0.341 e. The van der Waals surface area contributed by atoms with Gasteiger partial charge in [-0.05, 0) is 36.6 Å². The number of esters is 1. The Morgan fingerprint density at radius 1 is 1.08 bits per heavy atom. The first kappa shape index (κ1) is 26.9. The van der Waals surface area contributed by atoms with Crippen molar-refractivity contribution in [2.75, 3.05) is 26.3 Å². The first-order valence-corrected chi connectivity index (χ1v) is 11.9. The van der Waals surface area contributed by atoms with Crippen LogP contribution in [0.5, 0.6) is 5.75 Å². The molecule has 10 nitrogen and oxygen atoms in total. The van der Waals surface area contributed by atoms with Gasteiger partial charge in [0.25, 0.3) is 11.8 Å². The number of carbonyl (C=O) groups excluding carboxylic acids is 3. The second kappa shape index (κ2) is 11.8. The molecule has 0 bridgehead atoms. The number of likely N-dealkylation sites (tertiary alicyclic amines) is 1. The number of carboxylic acids is 1. The lowest BCUT2D eigenvalue weighted by Gasteiger charge is -2.42. The van der Waals surface area contributed by atoms with Gasteiger partial charge < -0.3 is 24.8 Å². The molecule has 36 heavy (non-hydrogen) atoms. The number of halogens is 1. The summed E-state index contributed by atoms with van der Waals surface area (Å²) in [5, 5.41) is 20.5. The molecule has 0 spiro atoms. The molecule has 2 aromatic carbocycles. The van der Waals surface area contributed by atoms with Gasteiger partial charge in [-0.25, -0.2) is 4.79 Å². The van der Waals surface area contributed by atoms with Gasteiger partial charge in [0.2, 0.25) is 0 Å². The zero-order valence-corrected chi connectivity index (χ0v) is 21.2. The fraction of sp³-hybridized carbons (Fsp3) is 0.320. The molecule has 0 saturated carbocycles. The molecule has 0 radical (unpaired) electrons. The highest BCUT2D eigenvalue weighted by atomic mass is 79.9. The highest BCUT2D eigenvalue weighted by Crippen LogP contribution is 2.36. The van der Waals surface area contributed by atoms with Crippen LogP contribution in [0.3, 0.4) is 0 Å². The topological polar surface area (TPSA) is 146 Å². The van der Waals surface area contributed by atoms with Gasteiger partial charge in [-0.1, -0.05) is 46.3 Å². The number of amides is 2. The Bertz CT molecular complexity index is 1160. The molecule has 0 aliphatic carbocycles. The van der Waals surface area contributed by atoms with E-state index in [1.54, 1.807) is 11.0 Å². The van der Waals surface area contributed by atoms with Gasteiger partial charge in [-0.15, -0.1) is 0 Å². The molecule has 11 heteroatoms. The molecule has 0 unspecified atom stereocenters. The van der Waals surface area contributed by atoms with Crippen LogP contribution in [-0.4, -0.2) is 65.9 Å². The lowest BCUT2D eigenvalue weighted by molar-refractivity contribution is -0.150. The van der Waals surface area contributed by atoms with Crippen LogP contribution in [0, 0.1) is 5.41 Å². The van der Waals surface area contributed by atoms with Gasteiger partial charge in [0.15, 0.2) is 13.2 Å². The molecule has 2 amide bonds. The molecule has 0 atom stereocenters. The number of amidine groups is 1. The monoisotopic (exact) mass is 559 g/mol. The van der Waals surface area contributed by atoms with Crippen LogP contribution < -0.4 is 10.1 Å². The zero-order valence-electron chi connectivity index (χ0n) is 19.6. The summed E-state index contributed by atoms with van der Waals surface area (Å²) in [6, 6.07) is 13.9. The largest absolute Gasteiger partial charge is 0.481 e. The second-order valence-electron chi connectivity index (χ2n) is 8.26. The standard InChI is InChI=1S/C25H26BrN3O7/c1-16(30)35-14-21(31)29-11-9-25(10-12-29,17-5-3-2-4-6-17)24(27)28-23(34)19-13-18(26)7-8-20(19)36-15-22(32)33/h2-8,13H,9-12,14-15H2,1H3,(H,32,33)(H2,27,28,34). The van der Waals surface area contributed by atoms with Gasteiger partial charge in [0.1, 0.15) is 11.6 Å². The van der Waals surface area contributed by atoms with Crippen molar-refractivity contribution in [2.24, 2.45) is 0 Å². The maximum atomic E-state index is 13.2. The molecular weight excluding hydrogens is 534 g/mol. The molecule has 1 heterocycles. The Balaban J connectivity index is 1.82. The van der Waals surface area contributed by atoms with Crippen LogP contribution in [0.15, 0.2) is 53.0 Å². The predicted octanol–water partition coefficient (Wildman–Crippen LogP) is 2.74. The Labute approximate surface area is 216 Å². The van der Waals surface area contributed by atoms with Crippen LogP contribution in [0.2, 0.25) is 0 Å².